The number of nitrogens with zero attached hydrogens (tertiary/aromatic N) is 1. The van der Waals surface area contributed by atoms with Gasteiger partial charge in [0, 0.05) is 5.02 Å². The van der Waals surface area contributed by atoms with Crippen molar-refractivity contribution in [3.8, 4) is 0 Å². The van der Waals surface area contributed by atoms with Crippen molar-refractivity contribution in [3.63, 3.8) is 0 Å². The summed E-state index contributed by atoms with van der Waals surface area (Å²) in [4.78, 5) is 18.7. The van der Waals surface area contributed by atoms with Crippen LogP contribution in [0.25, 0.3) is 10.9 Å². The zero-order valence-corrected chi connectivity index (χ0v) is 10.8. The van der Waals surface area contributed by atoms with Crippen molar-refractivity contribution in [3.05, 3.63) is 39.4 Å². The Morgan fingerprint density at radius 1 is 1.37 bits per heavy atom. The molecule has 1 heterocycles. The zero-order valence-electron chi connectivity index (χ0n) is 10.1. The van der Waals surface area contributed by atoms with Crippen molar-refractivity contribution < 1.29 is 10.2 Å². The van der Waals surface area contributed by atoms with Gasteiger partial charge in [-0.05, 0) is 18.2 Å². The maximum absolute atomic E-state index is 11.8. The fraction of sp³-hybridized carbons (Fsp3) is 0.333. The number of aromatic amines is 1. The summed E-state index contributed by atoms with van der Waals surface area (Å²) in [5, 5.41) is 21.7. The van der Waals surface area contributed by atoms with Gasteiger partial charge in [-0.1, -0.05) is 11.6 Å². The molecule has 0 atom stereocenters. The number of fused-ring (bicyclic) bond motifs is 1. The number of aromatic nitrogens is 2. The molecule has 0 amide bonds. The highest BCUT2D eigenvalue weighted by atomic mass is 35.5. The molecule has 0 bridgehead atoms. The summed E-state index contributed by atoms with van der Waals surface area (Å²) in [7, 11) is 0. The van der Waals surface area contributed by atoms with Gasteiger partial charge in [0.25, 0.3) is 5.56 Å². The van der Waals surface area contributed by atoms with Crippen molar-refractivity contribution in [1.29, 1.82) is 0 Å². The van der Waals surface area contributed by atoms with E-state index in [4.69, 9.17) is 21.8 Å². The number of rotatable bonds is 5. The molecule has 0 aliphatic heterocycles. The Hall–Kier alpha value is -1.47. The summed E-state index contributed by atoms with van der Waals surface area (Å²) in [6.07, 6.45) is 0. The van der Waals surface area contributed by atoms with Crippen molar-refractivity contribution in [2.24, 2.45) is 0 Å². The van der Waals surface area contributed by atoms with E-state index in [9.17, 15) is 4.79 Å². The first-order valence-electron chi connectivity index (χ1n) is 5.77. The van der Waals surface area contributed by atoms with Gasteiger partial charge in [-0.25, -0.2) is 4.98 Å². The zero-order chi connectivity index (χ0) is 13.8. The van der Waals surface area contributed by atoms with Crippen molar-refractivity contribution in [2.75, 3.05) is 13.2 Å². The molecule has 0 saturated carbocycles. The van der Waals surface area contributed by atoms with Crippen LogP contribution in [0.1, 0.15) is 5.82 Å². The SMILES string of the molecule is O=c1[nH]c(CNC(CO)CO)nc2cc(Cl)ccc12. The fourth-order valence-electron chi connectivity index (χ4n) is 1.67. The lowest BCUT2D eigenvalue weighted by molar-refractivity contribution is 0.169. The molecule has 4 N–H and O–H groups in total. The Labute approximate surface area is 114 Å². The molecular weight excluding hydrogens is 270 g/mol. The van der Waals surface area contributed by atoms with Gasteiger partial charge < -0.3 is 20.5 Å². The van der Waals surface area contributed by atoms with E-state index < -0.39 is 6.04 Å². The molecule has 19 heavy (non-hydrogen) atoms. The first kappa shape index (κ1) is 14.0. The summed E-state index contributed by atoms with van der Waals surface area (Å²) in [5.41, 5.74) is 0.264. The number of nitrogens with one attached hydrogen (secondary N) is 2. The number of aliphatic hydroxyl groups excluding tert-OH is 2. The smallest absolute Gasteiger partial charge is 0.258 e. The van der Waals surface area contributed by atoms with Crippen LogP contribution < -0.4 is 10.9 Å². The van der Waals surface area contributed by atoms with Crippen LogP contribution in [0, 0.1) is 0 Å². The van der Waals surface area contributed by atoms with Crippen LogP contribution in [0.3, 0.4) is 0 Å². The second kappa shape index (κ2) is 6.12. The lowest BCUT2D eigenvalue weighted by atomic mass is 10.2. The monoisotopic (exact) mass is 283 g/mol. The van der Waals surface area contributed by atoms with Gasteiger partial charge in [-0.3, -0.25) is 4.79 Å². The highest BCUT2D eigenvalue weighted by Gasteiger charge is 2.08. The molecule has 2 aromatic rings. The van der Waals surface area contributed by atoms with Crippen LogP contribution >= 0.6 is 11.6 Å². The Bertz CT molecular complexity index is 625. The highest BCUT2D eigenvalue weighted by Crippen LogP contribution is 2.14. The van der Waals surface area contributed by atoms with Gasteiger partial charge >= 0.3 is 0 Å². The van der Waals surface area contributed by atoms with E-state index in [2.05, 4.69) is 15.3 Å². The Morgan fingerprint density at radius 2 is 2.11 bits per heavy atom. The quantitative estimate of drug-likeness (QED) is 0.620. The van der Waals surface area contributed by atoms with Crippen molar-refractivity contribution >= 4 is 22.5 Å². The number of H-pyrrole nitrogens is 1. The van der Waals surface area contributed by atoms with Gasteiger partial charge in [-0.15, -0.1) is 0 Å². The van der Waals surface area contributed by atoms with Crippen molar-refractivity contribution in [1.82, 2.24) is 15.3 Å². The van der Waals surface area contributed by atoms with Crippen LogP contribution in [-0.2, 0) is 6.54 Å². The normalized spacial score (nSPS) is 11.4. The average molecular weight is 284 g/mol. The maximum atomic E-state index is 11.8. The molecule has 2 rings (SSSR count). The van der Waals surface area contributed by atoms with E-state index in [1.54, 1.807) is 18.2 Å². The number of benzene rings is 1. The molecule has 0 saturated heterocycles. The molecular formula is C12H14ClN3O3. The van der Waals surface area contributed by atoms with Crippen LogP contribution in [0.2, 0.25) is 5.02 Å². The summed E-state index contributed by atoms with van der Waals surface area (Å²) >= 11 is 5.86. The van der Waals surface area contributed by atoms with Gasteiger partial charge in [0.05, 0.1) is 36.7 Å². The van der Waals surface area contributed by atoms with Gasteiger partial charge in [0.2, 0.25) is 0 Å². The summed E-state index contributed by atoms with van der Waals surface area (Å²) < 4.78 is 0. The standard InChI is InChI=1S/C12H14ClN3O3/c13-7-1-2-9-10(3-7)15-11(16-12(9)19)4-14-8(5-17)6-18/h1-3,8,14,17-18H,4-6H2,(H,15,16,19). The second-order valence-electron chi connectivity index (χ2n) is 4.12. The van der Waals surface area contributed by atoms with Crippen LogP contribution in [0.15, 0.2) is 23.0 Å². The minimum Gasteiger partial charge on any atom is -0.395 e. The van der Waals surface area contributed by atoms with E-state index in [-0.39, 0.29) is 25.3 Å². The van der Waals surface area contributed by atoms with Crippen molar-refractivity contribution in [2.45, 2.75) is 12.6 Å². The fourth-order valence-corrected chi connectivity index (χ4v) is 1.84. The van der Waals surface area contributed by atoms with E-state index in [0.717, 1.165) is 0 Å². The number of hydrogen-bond donors (Lipinski definition) is 4. The Kier molecular flexibility index (Phi) is 4.49. The first-order valence-corrected chi connectivity index (χ1v) is 6.15. The molecule has 7 heteroatoms. The third-order valence-corrected chi connectivity index (χ3v) is 2.95. The lowest BCUT2D eigenvalue weighted by Crippen LogP contribution is -2.36. The maximum Gasteiger partial charge on any atom is 0.258 e. The van der Waals surface area contributed by atoms with E-state index >= 15 is 0 Å². The largest absolute Gasteiger partial charge is 0.395 e. The van der Waals surface area contributed by atoms with E-state index in [0.29, 0.717) is 21.7 Å². The molecule has 0 aliphatic rings. The molecule has 102 valence electrons. The number of aliphatic hydroxyl groups is 2. The van der Waals surface area contributed by atoms with Gasteiger partial charge in [-0.2, -0.15) is 0 Å². The Morgan fingerprint density at radius 3 is 2.79 bits per heavy atom. The molecule has 0 unspecified atom stereocenters. The number of hydrogen-bond acceptors (Lipinski definition) is 5. The summed E-state index contributed by atoms with van der Waals surface area (Å²) in [6, 6.07) is 4.42. The molecule has 0 radical (unpaired) electrons. The predicted molar refractivity (Wildman–Crippen MR) is 72.2 cm³/mol. The number of halogens is 1. The molecule has 6 nitrogen and oxygen atoms in total. The average Bonchev–Trinajstić information content (AvgIpc) is 2.39. The summed E-state index contributed by atoms with van der Waals surface area (Å²) in [5.74, 6) is 0.423. The topological polar surface area (TPSA) is 98.2 Å². The lowest BCUT2D eigenvalue weighted by Gasteiger charge is -2.12. The third kappa shape index (κ3) is 3.30. The predicted octanol–water partition coefficient (Wildman–Crippen LogP) is 0.0193. The van der Waals surface area contributed by atoms with E-state index in [1.807, 2.05) is 0 Å². The van der Waals surface area contributed by atoms with Gasteiger partial charge in [0.1, 0.15) is 5.82 Å². The Balaban J connectivity index is 2.27. The molecule has 0 spiro atoms. The molecule has 0 aliphatic carbocycles. The van der Waals surface area contributed by atoms with E-state index in [1.165, 1.54) is 0 Å². The van der Waals surface area contributed by atoms with Crippen LogP contribution in [0.4, 0.5) is 0 Å². The second-order valence-corrected chi connectivity index (χ2v) is 4.55. The third-order valence-electron chi connectivity index (χ3n) is 2.72. The van der Waals surface area contributed by atoms with Crippen LogP contribution in [-0.4, -0.2) is 39.4 Å². The minimum atomic E-state index is -0.444. The molecule has 1 aromatic carbocycles. The summed E-state index contributed by atoms with van der Waals surface area (Å²) in [6.45, 7) is -0.149. The highest BCUT2D eigenvalue weighted by molar-refractivity contribution is 6.31. The molecule has 0 fully saturated rings. The first-order chi connectivity index (χ1) is 9.13. The minimum absolute atomic E-state index is 0.194. The van der Waals surface area contributed by atoms with Crippen LogP contribution in [0.5, 0.6) is 0 Å². The molecule has 1 aromatic heterocycles. The van der Waals surface area contributed by atoms with Gasteiger partial charge in [0.15, 0.2) is 0 Å².